The van der Waals surface area contributed by atoms with Crippen LogP contribution >= 0.6 is 0 Å². The summed E-state index contributed by atoms with van der Waals surface area (Å²) in [5, 5.41) is 7.96. The van der Waals surface area contributed by atoms with Gasteiger partial charge in [-0.05, 0) is 0 Å². The Morgan fingerprint density at radius 3 is 2.00 bits per heavy atom. The highest BCUT2D eigenvalue weighted by Crippen LogP contribution is 2.29. The molecule has 3 aromatic rings. The van der Waals surface area contributed by atoms with Gasteiger partial charge in [-0.1, -0.05) is 65.9 Å². The van der Waals surface area contributed by atoms with E-state index < -0.39 is 6.03 Å². The minimum absolute atomic E-state index is 0.601. The second-order valence-corrected chi connectivity index (χ2v) is 4.27. The van der Waals surface area contributed by atoms with Crippen molar-refractivity contribution in [3.8, 4) is 22.5 Å². The molecule has 0 bridgehead atoms. The molecule has 2 aromatic carbocycles. The van der Waals surface area contributed by atoms with Gasteiger partial charge in [-0.25, -0.2) is 4.79 Å². The average molecular weight is 264 g/mol. The fraction of sp³-hybridized carbons (Fsp3) is 0. The van der Waals surface area contributed by atoms with Crippen molar-refractivity contribution in [3.63, 3.8) is 0 Å². The first-order valence-corrected chi connectivity index (χ1v) is 6.13. The van der Waals surface area contributed by atoms with E-state index in [2.05, 4.69) is 10.3 Å². The average Bonchev–Trinajstić information content (AvgIpc) is 2.94. The van der Waals surface area contributed by atoms with Gasteiger partial charge in [0.15, 0.2) is 0 Å². The Morgan fingerprint density at radius 1 is 0.900 bits per heavy atom. The fourth-order valence-corrected chi connectivity index (χ4v) is 2.08. The standard InChI is InChI=1S/C15H12N4O/c16-15(20)19-14(12-9-5-2-6-10-12)13(17-18-19)11-7-3-1-4-8-11/h1-10H,(H2,16,20). The van der Waals surface area contributed by atoms with E-state index in [1.165, 1.54) is 0 Å². The number of aromatic nitrogens is 3. The van der Waals surface area contributed by atoms with Crippen molar-refractivity contribution in [2.45, 2.75) is 0 Å². The normalized spacial score (nSPS) is 10.4. The quantitative estimate of drug-likeness (QED) is 0.773. The first-order chi connectivity index (χ1) is 9.77. The molecule has 0 aliphatic heterocycles. The van der Waals surface area contributed by atoms with Gasteiger partial charge in [0.25, 0.3) is 0 Å². The molecule has 0 aliphatic carbocycles. The molecular formula is C15H12N4O. The molecule has 1 aromatic heterocycles. The molecule has 0 radical (unpaired) electrons. The predicted molar refractivity (Wildman–Crippen MR) is 75.9 cm³/mol. The maximum absolute atomic E-state index is 11.5. The molecule has 0 spiro atoms. The molecule has 0 unspecified atom stereocenters. The Balaban J connectivity index is 2.25. The number of rotatable bonds is 2. The number of amides is 1. The second-order valence-electron chi connectivity index (χ2n) is 4.27. The fourth-order valence-electron chi connectivity index (χ4n) is 2.08. The Hall–Kier alpha value is -2.95. The third-order valence-corrected chi connectivity index (χ3v) is 2.97. The maximum Gasteiger partial charge on any atom is 0.341 e. The number of nitrogens with zero attached hydrogens (tertiary/aromatic N) is 3. The monoisotopic (exact) mass is 264 g/mol. The third-order valence-electron chi connectivity index (χ3n) is 2.97. The van der Waals surface area contributed by atoms with Gasteiger partial charge in [-0.2, -0.15) is 4.68 Å². The first kappa shape index (κ1) is 12.1. The Labute approximate surface area is 115 Å². The lowest BCUT2D eigenvalue weighted by atomic mass is 10.0. The van der Waals surface area contributed by atoms with E-state index >= 15 is 0 Å². The van der Waals surface area contributed by atoms with Gasteiger partial charge in [0.1, 0.15) is 11.4 Å². The highest BCUT2D eigenvalue weighted by molar-refractivity contribution is 5.86. The van der Waals surface area contributed by atoms with Gasteiger partial charge < -0.3 is 5.73 Å². The summed E-state index contributed by atoms with van der Waals surface area (Å²) in [6.07, 6.45) is 0. The van der Waals surface area contributed by atoms with E-state index in [0.29, 0.717) is 11.4 Å². The van der Waals surface area contributed by atoms with Crippen LogP contribution in [0.1, 0.15) is 0 Å². The van der Waals surface area contributed by atoms with Crippen LogP contribution in [0.3, 0.4) is 0 Å². The molecule has 0 fully saturated rings. The minimum atomic E-state index is -0.654. The number of hydrogen-bond donors (Lipinski definition) is 1. The first-order valence-electron chi connectivity index (χ1n) is 6.13. The topological polar surface area (TPSA) is 73.8 Å². The van der Waals surface area contributed by atoms with E-state index in [4.69, 9.17) is 5.73 Å². The molecule has 1 heterocycles. The minimum Gasteiger partial charge on any atom is -0.350 e. The molecule has 0 atom stereocenters. The Morgan fingerprint density at radius 2 is 1.45 bits per heavy atom. The second kappa shape index (κ2) is 4.97. The van der Waals surface area contributed by atoms with E-state index in [1.54, 1.807) is 0 Å². The molecule has 0 saturated carbocycles. The molecule has 0 saturated heterocycles. The van der Waals surface area contributed by atoms with Gasteiger partial charge in [0.2, 0.25) is 0 Å². The van der Waals surface area contributed by atoms with Gasteiger partial charge in [-0.15, -0.1) is 5.10 Å². The van der Waals surface area contributed by atoms with Crippen LogP contribution in [0.25, 0.3) is 22.5 Å². The summed E-state index contributed by atoms with van der Waals surface area (Å²) in [4.78, 5) is 11.5. The van der Waals surface area contributed by atoms with Crippen molar-refractivity contribution in [1.29, 1.82) is 0 Å². The lowest BCUT2D eigenvalue weighted by Crippen LogP contribution is -2.21. The highest BCUT2D eigenvalue weighted by atomic mass is 16.2. The number of carbonyl (C=O) groups excluding carboxylic acids is 1. The van der Waals surface area contributed by atoms with Gasteiger partial charge in [0, 0.05) is 11.1 Å². The zero-order valence-electron chi connectivity index (χ0n) is 10.6. The number of hydrogen-bond acceptors (Lipinski definition) is 3. The maximum atomic E-state index is 11.5. The van der Waals surface area contributed by atoms with Crippen molar-refractivity contribution in [1.82, 2.24) is 15.0 Å². The van der Waals surface area contributed by atoms with Crippen LogP contribution in [0.4, 0.5) is 4.79 Å². The Kier molecular flexibility index (Phi) is 3.01. The van der Waals surface area contributed by atoms with Crippen molar-refractivity contribution < 1.29 is 4.79 Å². The van der Waals surface area contributed by atoms with Gasteiger partial charge >= 0.3 is 6.03 Å². The van der Waals surface area contributed by atoms with Gasteiger partial charge in [0.05, 0.1) is 0 Å². The van der Waals surface area contributed by atoms with Crippen LogP contribution in [-0.2, 0) is 0 Å². The van der Waals surface area contributed by atoms with Crippen molar-refractivity contribution in [3.05, 3.63) is 60.7 Å². The molecule has 5 heteroatoms. The molecule has 3 rings (SSSR count). The van der Waals surface area contributed by atoms with Crippen LogP contribution in [0.2, 0.25) is 0 Å². The smallest absolute Gasteiger partial charge is 0.341 e. The zero-order valence-corrected chi connectivity index (χ0v) is 10.6. The lowest BCUT2D eigenvalue weighted by Gasteiger charge is -2.05. The zero-order chi connectivity index (χ0) is 13.9. The molecule has 2 N–H and O–H groups in total. The van der Waals surface area contributed by atoms with Crippen LogP contribution in [0, 0.1) is 0 Å². The summed E-state index contributed by atoms with van der Waals surface area (Å²) in [6.45, 7) is 0. The van der Waals surface area contributed by atoms with Crippen molar-refractivity contribution >= 4 is 6.03 Å². The molecule has 98 valence electrons. The van der Waals surface area contributed by atoms with Crippen molar-refractivity contribution in [2.75, 3.05) is 0 Å². The van der Waals surface area contributed by atoms with E-state index in [9.17, 15) is 4.79 Å². The summed E-state index contributed by atoms with van der Waals surface area (Å²) in [5.41, 5.74) is 8.33. The molecule has 20 heavy (non-hydrogen) atoms. The molecule has 5 nitrogen and oxygen atoms in total. The van der Waals surface area contributed by atoms with E-state index in [0.717, 1.165) is 15.8 Å². The highest BCUT2D eigenvalue weighted by Gasteiger charge is 2.18. The van der Waals surface area contributed by atoms with E-state index in [-0.39, 0.29) is 0 Å². The molecule has 0 aliphatic rings. The van der Waals surface area contributed by atoms with E-state index in [1.807, 2.05) is 60.7 Å². The SMILES string of the molecule is NC(=O)n1nnc(-c2ccccc2)c1-c1ccccc1. The van der Waals surface area contributed by atoms with Crippen LogP contribution in [-0.4, -0.2) is 21.0 Å². The largest absolute Gasteiger partial charge is 0.350 e. The van der Waals surface area contributed by atoms with Crippen molar-refractivity contribution in [2.24, 2.45) is 5.73 Å². The number of carbonyl (C=O) groups is 1. The summed E-state index contributed by atoms with van der Waals surface area (Å²) in [5.74, 6) is 0. The Bertz CT molecular complexity index is 735. The molecule has 1 amide bonds. The number of nitrogens with two attached hydrogens (primary N) is 1. The van der Waals surface area contributed by atoms with Crippen LogP contribution in [0.5, 0.6) is 0 Å². The summed E-state index contributed by atoms with van der Waals surface area (Å²) in [6, 6.07) is 18.4. The van der Waals surface area contributed by atoms with Crippen LogP contribution < -0.4 is 5.73 Å². The third kappa shape index (κ3) is 2.05. The lowest BCUT2D eigenvalue weighted by molar-refractivity contribution is 0.247. The molecular weight excluding hydrogens is 252 g/mol. The summed E-state index contributed by atoms with van der Waals surface area (Å²) in [7, 11) is 0. The summed E-state index contributed by atoms with van der Waals surface area (Å²) < 4.78 is 1.12. The predicted octanol–water partition coefficient (Wildman–Crippen LogP) is 2.54. The summed E-state index contributed by atoms with van der Waals surface area (Å²) >= 11 is 0. The van der Waals surface area contributed by atoms with Gasteiger partial charge in [-0.3, -0.25) is 0 Å². The number of primary amides is 1. The van der Waals surface area contributed by atoms with Crippen LogP contribution in [0.15, 0.2) is 60.7 Å². The number of benzene rings is 2.